The van der Waals surface area contributed by atoms with Gasteiger partial charge < -0.3 is 16.2 Å². The molecule has 0 aliphatic heterocycles. The lowest BCUT2D eigenvalue weighted by atomic mass is 9.85. The lowest BCUT2D eigenvalue weighted by Gasteiger charge is -2.29. The summed E-state index contributed by atoms with van der Waals surface area (Å²) < 4.78 is 0. The Morgan fingerprint density at radius 1 is 1.33 bits per heavy atom. The molecule has 21 heavy (non-hydrogen) atoms. The third-order valence-corrected chi connectivity index (χ3v) is 4.92. The summed E-state index contributed by atoms with van der Waals surface area (Å²) in [5.41, 5.74) is 7.59. The van der Waals surface area contributed by atoms with Gasteiger partial charge in [-0.15, -0.1) is 12.4 Å². The highest BCUT2D eigenvalue weighted by atomic mass is 35.5. The van der Waals surface area contributed by atoms with E-state index in [9.17, 15) is 9.90 Å². The van der Waals surface area contributed by atoms with Crippen LogP contribution in [0.25, 0.3) is 0 Å². The largest absolute Gasteiger partial charge is 0.390 e. The Bertz CT molecular complexity index is 515. The summed E-state index contributed by atoms with van der Waals surface area (Å²) in [4.78, 5) is 12.6. The fourth-order valence-electron chi connectivity index (χ4n) is 3.62. The third-order valence-electron chi connectivity index (χ3n) is 4.92. The highest BCUT2D eigenvalue weighted by Gasteiger charge is 2.42. The van der Waals surface area contributed by atoms with E-state index < -0.39 is 11.5 Å². The van der Waals surface area contributed by atoms with Gasteiger partial charge in [0.2, 0.25) is 5.91 Å². The summed E-state index contributed by atoms with van der Waals surface area (Å²) in [5, 5.41) is 13.3. The monoisotopic (exact) mass is 310 g/mol. The SMILES string of the molecule is Cl.NCC1(C(=O)N[C@H]2c3ccccc3C[C@H]2O)CCCC1. The van der Waals surface area contributed by atoms with Gasteiger partial charge in [0.25, 0.3) is 0 Å². The second-order valence-corrected chi connectivity index (χ2v) is 6.11. The van der Waals surface area contributed by atoms with Crippen molar-refractivity contribution >= 4 is 18.3 Å². The molecule has 1 amide bonds. The maximum absolute atomic E-state index is 12.6. The van der Waals surface area contributed by atoms with Gasteiger partial charge in [-0.3, -0.25) is 4.79 Å². The average molecular weight is 311 g/mol. The fourth-order valence-corrected chi connectivity index (χ4v) is 3.62. The van der Waals surface area contributed by atoms with Crippen LogP contribution in [0.5, 0.6) is 0 Å². The van der Waals surface area contributed by atoms with Crippen molar-refractivity contribution in [2.24, 2.45) is 11.1 Å². The minimum atomic E-state index is -0.535. The highest BCUT2D eigenvalue weighted by Crippen LogP contribution is 2.39. The molecule has 0 saturated heterocycles. The molecule has 1 saturated carbocycles. The molecule has 2 aliphatic carbocycles. The summed E-state index contributed by atoms with van der Waals surface area (Å²) in [6, 6.07) is 7.63. The van der Waals surface area contributed by atoms with Crippen LogP contribution in [0.15, 0.2) is 24.3 Å². The van der Waals surface area contributed by atoms with Gasteiger partial charge in [0.15, 0.2) is 0 Å². The quantitative estimate of drug-likeness (QED) is 0.795. The van der Waals surface area contributed by atoms with Gasteiger partial charge in [-0.25, -0.2) is 0 Å². The average Bonchev–Trinajstić information content (AvgIpc) is 3.05. The smallest absolute Gasteiger partial charge is 0.228 e. The van der Waals surface area contributed by atoms with E-state index in [1.807, 2.05) is 24.3 Å². The van der Waals surface area contributed by atoms with Crippen LogP contribution in [0.3, 0.4) is 0 Å². The third kappa shape index (κ3) is 2.80. The van der Waals surface area contributed by atoms with Crippen LogP contribution in [0.4, 0.5) is 0 Å². The van der Waals surface area contributed by atoms with E-state index in [4.69, 9.17) is 5.73 Å². The number of fused-ring (bicyclic) bond motifs is 1. The minimum Gasteiger partial charge on any atom is -0.390 e. The molecule has 0 unspecified atom stereocenters. The molecule has 0 spiro atoms. The van der Waals surface area contributed by atoms with Crippen LogP contribution < -0.4 is 11.1 Å². The Labute approximate surface area is 131 Å². The molecule has 2 atom stereocenters. The lowest BCUT2D eigenvalue weighted by Crippen LogP contribution is -2.47. The van der Waals surface area contributed by atoms with Crippen LogP contribution in [-0.4, -0.2) is 23.7 Å². The number of halogens is 1. The summed E-state index contributed by atoms with van der Waals surface area (Å²) in [7, 11) is 0. The molecule has 2 aliphatic rings. The van der Waals surface area contributed by atoms with E-state index in [0.717, 1.165) is 36.8 Å². The van der Waals surface area contributed by atoms with Gasteiger partial charge in [0, 0.05) is 13.0 Å². The number of rotatable bonds is 3. The molecule has 0 radical (unpaired) electrons. The van der Waals surface area contributed by atoms with E-state index >= 15 is 0 Å². The summed E-state index contributed by atoms with van der Waals surface area (Å²) in [6.07, 6.45) is 3.92. The zero-order chi connectivity index (χ0) is 14.2. The predicted molar refractivity (Wildman–Crippen MR) is 84.2 cm³/mol. The van der Waals surface area contributed by atoms with Crippen molar-refractivity contribution in [1.82, 2.24) is 5.32 Å². The van der Waals surface area contributed by atoms with Crippen molar-refractivity contribution in [3.63, 3.8) is 0 Å². The molecule has 1 fully saturated rings. The zero-order valence-corrected chi connectivity index (χ0v) is 12.9. The Balaban J connectivity index is 0.00000161. The molecule has 0 heterocycles. The second kappa shape index (κ2) is 6.34. The standard InChI is InChI=1S/C16H22N2O2.ClH/c17-10-16(7-3-4-8-16)15(20)18-14-12-6-2-1-5-11(12)9-13(14)19;/h1-2,5-6,13-14,19H,3-4,7-10,17H2,(H,18,20);1H/t13-,14+;/m1./s1. The van der Waals surface area contributed by atoms with Crippen molar-refractivity contribution in [3.05, 3.63) is 35.4 Å². The number of carbonyl (C=O) groups is 1. The van der Waals surface area contributed by atoms with Gasteiger partial charge in [0.1, 0.15) is 0 Å². The molecule has 0 aromatic heterocycles. The Kier molecular flexibility index (Phi) is 4.91. The number of amides is 1. The molecule has 1 aromatic carbocycles. The first kappa shape index (κ1) is 16.3. The number of aliphatic hydroxyl groups excluding tert-OH is 1. The van der Waals surface area contributed by atoms with Gasteiger partial charge >= 0.3 is 0 Å². The topological polar surface area (TPSA) is 75.4 Å². The number of hydrogen-bond donors (Lipinski definition) is 3. The van der Waals surface area contributed by atoms with E-state index in [0.29, 0.717) is 13.0 Å². The molecule has 116 valence electrons. The van der Waals surface area contributed by atoms with Crippen LogP contribution >= 0.6 is 12.4 Å². The maximum atomic E-state index is 12.6. The predicted octanol–water partition coefficient (Wildman–Crippen LogP) is 1.70. The normalized spacial score (nSPS) is 26.0. The van der Waals surface area contributed by atoms with Gasteiger partial charge in [-0.1, -0.05) is 37.1 Å². The van der Waals surface area contributed by atoms with Crippen LogP contribution in [0.1, 0.15) is 42.9 Å². The van der Waals surface area contributed by atoms with Crippen LogP contribution in [0.2, 0.25) is 0 Å². The number of nitrogens with two attached hydrogens (primary N) is 1. The first-order valence-corrected chi connectivity index (χ1v) is 7.43. The lowest BCUT2D eigenvalue weighted by molar-refractivity contribution is -0.131. The van der Waals surface area contributed by atoms with Gasteiger partial charge in [0.05, 0.1) is 17.6 Å². The van der Waals surface area contributed by atoms with Gasteiger partial charge in [-0.05, 0) is 24.0 Å². The summed E-state index contributed by atoms with van der Waals surface area (Å²) >= 11 is 0. The number of nitrogens with one attached hydrogen (secondary N) is 1. The molecule has 4 nitrogen and oxygen atoms in total. The van der Waals surface area contributed by atoms with Crippen molar-refractivity contribution < 1.29 is 9.90 Å². The Hall–Kier alpha value is -1.10. The van der Waals surface area contributed by atoms with Crippen molar-refractivity contribution in [1.29, 1.82) is 0 Å². The van der Waals surface area contributed by atoms with E-state index in [-0.39, 0.29) is 24.4 Å². The molecule has 0 bridgehead atoms. The first-order chi connectivity index (χ1) is 9.66. The Morgan fingerprint density at radius 3 is 2.67 bits per heavy atom. The first-order valence-electron chi connectivity index (χ1n) is 7.43. The van der Waals surface area contributed by atoms with Crippen LogP contribution in [0, 0.1) is 5.41 Å². The maximum Gasteiger partial charge on any atom is 0.228 e. The number of hydrogen-bond acceptors (Lipinski definition) is 3. The van der Waals surface area contributed by atoms with E-state index in [1.165, 1.54) is 0 Å². The van der Waals surface area contributed by atoms with E-state index in [2.05, 4.69) is 5.32 Å². The zero-order valence-electron chi connectivity index (χ0n) is 12.0. The number of aliphatic hydroxyl groups is 1. The molecule has 3 rings (SSSR count). The second-order valence-electron chi connectivity index (χ2n) is 6.11. The fraction of sp³-hybridized carbons (Fsp3) is 0.562. The number of carbonyl (C=O) groups excluding carboxylic acids is 1. The van der Waals surface area contributed by atoms with Crippen LogP contribution in [-0.2, 0) is 11.2 Å². The Morgan fingerprint density at radius 2 is 2.00 bits per heavy atom. The molecular formula is C16H23ClN2O2. The highest BCUT2D eigenvalue weighted by molar-refractivity contribution is 5.85. The summed E-state index contributed by atoms with van der Waals surface area (Å²) in [5.74, 6) is 0.0123. The molecule has 4 N–H and O–H groups in total. The minimum absolute atomic E-state index is 0. The van der Waals surface area contributed by atoms with Crippen molar-refractivity contribution in [2.45, 2.75) is 44.2 Å². The molecule has 1 aromatic rings. The number of benzene rings is 1. The van der Waals surface area contributed by atoms with Crippen molar-refractivity contribution in [3.8, 4) is 0 Å². The molecule has 5 heteroatoms. The summed E-state index contributed by atoms with van der Waals surface area (Å²) in [6.45, 7) is 0.392. The van der Waals surface area contributed by atoms with Crippen molar-refractivity contribution in [2.75, 3.05) is 6.54 Å². The van der Waals surface area contributed by atoms with E-state index in [1.54, 1.807) is 0 Å². The molecular weight excluding hydrogens is 288 g/mol. The van der Waals surface area contributed by atoms with Gasteiger partial charge in [-0.2, -0.15) is 0 Å².